The summed E-state index contributed by atoms with van der Waals surface area (Å²) in [7, 11) is 0. The predicted octanol–water partition coefficient (Wildman–Crippen LogP) is 1.22. The van der Waals surface area contributed by atoms with Gasteiger partial charge in [-0.25, -0.2) is 0 Å². The lowest BCUT2D eigenvalue weighted by molar-refractivity contribution is -0.139. The molecule has 1 unspecified atom stereocenters. The molecule has 1 atom stereocenters. The maximum absolute atomic E-state index is 12.8. The van der Waals surface area contributed by atoms with Gasteiger partial charge in [-0.05, 0) is 12.3 Å². The Morgan fingerprint density at radius 1 is 1.38 bits per heavy atom. The molecule has 26 heavy (non-hydrogen) atoms. The Hall–Kier alpha value is -1.96. The van der Waals surface area contributed by atoms with E-state index in [2.05, 4.69) is 41.1 Å². The quantitative estimate of drug-likeness (QED) is 0.781. The van der Waals surface area contributed by atoms with E-state index in [1.807, 2.05) is 13.8 Å². The highest BCUT2D eigenvalue weighted by molar-refractivity contribution is 5.88. The van der Waals surface area contributed by atoms with E-state index < -0.39 is 6.04 Å². The summed E-state index contributed by atoms with van der Waals surface area (Å²) >= 11 is 0. The number of hydrogen-bond acceptors (Lipinski definition) is 6. The normalized spacial score (nSPS) is 18.7. The van der Waals surface area contributed by atoms with E-state index in [0.717, 1.165) is 13.1 Å². The molecule has 0 radical (unpaired) electrons. The number of nitrogens with zero attached hydrogens (tertiary/aromatic N) is 4. The van der Waals surface area contributed by atoms with Gasteiger partial charge in [-0.2, -0.15) is 4.98 Å². The first-order valence-electron chi connectivity index (χ1n) is 9.34. The van der Waals surface area contributed by atoms with Crippen molar-refractivity contribution in [2.24, 2.45) is 5.41 Å². The molecule has 2 amide bonds. The van der Waals surface area contributed by atoms with Crippen molar-refractivity contribution in [1.29, 1.82) is 0 Å². The van der Waals surface area contributed by atoms with Crippen molar-refractivity contribution >= 4 is 11.8 Å². The van der Waals surface area contributed by atoms with Crippen molar-refractivity contribution in [1.82, 2.24) is 25.3 Å². The molecule has 1 aromatic heterocycles. The molecule has 0 aromatic carbocycles. The van der Waals surface area contributed by atoms with Crippen LogP contribution in [0.25, 0.3) is 0 Å². The number of rotatable bonds is 7. The Morgan fingerprint density at radius 3 is 2.69 bits per heavy atom. The molecule has 8 nitrogen and oxygen atoms in total. The monoisotopic (exact) mass is 365 g/mol. The van der Waals surface area contributed by atoms with Gasteiger partial charge in [0.2, 0.25) is 17.7 Å². The number of amides is 2. The average molecular weight is 365 g/mol. The summed E-state index contributed by atoms with van der Waals surface area (Å²) in [6.45, 7) is 13.2. The standard InChI is InChI=1S/C18H31N5O3/c1-6-14-20-15(26-21-14)11-22(7-2)16(24)10-13-17(25)19-8-9-23(13)12-18(3,4)5/h13H,6-12H2,1-5H3,(H,19,25). The largest absolute Gasteiger partial charge is 0.353 e. The Bertz CT molecular complexity index is 623. The Balaban J connectivity index is 2.04. The Kier molecular flexibility index (Phi) is 6.75. The number of piperazine rings is 1. The van der Waals surface area contributed by atoms with Crippen LogP contribution >= 0.6 is 0 Å². The zero-order valence-electron chi connectivity index (χ0n) is 16.5. The third kappa shape index (κ3) is 5.52. The summed E-state index contributed by atoms with van der Waals surface area (Å²) in [6, 6.07) is -0.432. The molecule has 2 heterocycles. The molecule has 146 valence electrons. The van der Waals surface area contributed by atoms with Crippen LogP contribution in [0.3, 0.4) is 0 Å². The van der Waals surface area contributed by atoms with Gasteiger partial charge < -0.3 is 14.7 Å². The third-order valence-corrected chi connectivity index (χ3v) is 4.37. The predicted molar refractivity (Wildman–Crippen MR) is 97.2 cm³/mol. The fourth-order valence-electron chi connectivity index (χ4n) is 3.11. The molecular weight excluding hydrogens is 334 g/mol. The van der Waals surface area contributed by atoms with E-state index in [1.165, 1.54) is 0 Å². The molecule has 2 rings (SSSR count). The minimum Gasteiger partial charge on any atom is -0.353 e. The maximum atomic E-state index is 12.8. The highest BCUT2D eigenvalue weighted by Gasteiger charge is 2.34. The van der Waals surface area contributed by atoms with Crippen molar-refractivity contribution in [3.8, 4) is 0 Å². The number of aryl methyl sites for hydroxylation is 1. The van der Waals surface area contributed by atoms with E-state index in [1.54, 1.807) is 4.90 Å². The van der Waals surface area contributed by atoms with Crippen LogP contribution in [-0.4, -0.2) is 64.0 Å². The van der Waals surface area contributed by atoms with Crippen LogP contribution in [0.1, 0.15) is 52.8 Å². The zero-order chi connectivity index (χ0) is 19.3. The van der Waals surface area contributed by atoms with Crippen LogP contribution in [-0.2, 0) is 22.6 Å². The molecule has 0 spiro atoms. The third-order valence-electron chi connectivity index (χ3n) is 4.37. The van der Waals surface area contributed by atoms with Crippen molar-refractivity contribution in [2.45, 2.75) is 60.0 Å². The van der Waals surface area contributed by atoms with Crippen LogP contribution in [0, 0.1) is 5.41 Å². The van der Waals surface area contributed by atoms with E-state index >= 15 is 0 Å². The Labute approximate surface area is 155 Å². The van der Waals surface area contributed by atoms with E-state index in [-0.39, 0.29) is 30.2 Å². The van der Waals surface area contributed by atoms with E-state index in [9.17, 15) is 9.59 Å². The Morgan fingerprint density at radius 2 is 2.12 bits per heavy atom. The number of carbonyl (C=O) groups excluding carboxylic acids is 2. The highest BCUT2D eigenvalue weighted by Crippen LogP contribution is 2.20. The SMILES string of the molecule is CCc1noc(CN(CC)C(=O)CC2C(=O)NCCN2CC(C)(C)C)n1. The minimum absolute atomic E-state index is 0.0592. The second-order valence-corrected chi connectivity index (χ2v) is 7.91. The van der Waals surface area contributed by atoms with Crippen LogP contribution in [0.5, 0.6) is 0 Å². The van der Waals surface area contributed by atoms with Crippen molar-refractivity contribution < 1.29 is 14.1 Å². The average Bonchev–Trinajstić information content (AvgIpc) is 3.02. The summed E-state index contributed by atoms with van der Waals surface area (Å²) in [5.74, 6) is 0.906. The molecule has 0 bridgehead atoms. The molecule has 0 aliphatic carbocycles. The van der Waals surface area contributed by atoms with Crippen LogP contribution < -0.4 is 5.32 Å². The minimum atomic E-state index is -0.432. The molecule has 1 saturated heterocycles. The smallest absolute Gasteiger partial charge is 0.246 e. The summed E-state index contributed by atoms with van der Waals surface area (Å²) in [4.78, 5) is 33.2. The molecule has 8 heteroatoms. The molecule has 1 aliphatic heterocycles. The first kappa shape index (κ1) is 20.4. The topological polar surface area (TPSA) is 91.6 Å². The van der Waals surface area contributed by atoms with Gasteiger partial charge in [-0.3, -0.25) is 14.5 Å². The van der Waals surface area contributed by atoms with Gasteiger partial charge in [0, 0.05) is 32.6 Å². The van der Waals surface area contributed by atoms with Crippen LogP contribution in [0.4, 0.5) is 0 Å². The molecular formula is C18H31N5O3. The number of hydrogen-bond donors (Lipinski definition) is 1. The summed E-state index contributed by atoms with van der Waals surface area (Å²) < 4.78 is 5.19. The van der Waals surface area contributed by atoms with Gasteiger partial charge in [0.15, 0.2) is 5.82 Å². The fraction of sp³-hybridized carbons (Fsp3) is 0.778. The van der Waals surface area contributed by atoms with Gasteiger partial charge in [0.05, 0.1) is 19.0 Å². The molecule has 1 N–H and O–H groups in total. The summed E-state index contributed by atoms with van der Waals surface area (Å²) in [5.41, 5.74) is 0.0592. The van der Waals surface area contributed by atoms with Gasteiger partial charge in [-0.1, -0.05) is 32.9 Å². The van der Waals surface area contributed by atoms with Crippen molar-refractivity contribution in [3.05, 3.63) is 11.7 Å². The maximum Gasteiger partial charge on any atom is 0.246 e. The second kappa shape index (κ2) is 8.62. The first-order valence-corrected chi connectivity index (χ1v) is 9.34. The lowest BCUT2D eigenvalue weighted by atomic mass is 9.94. The van der Waals surface area contributed by atoms with Gasteiger partial charge in [-0.15, -0.1) is 0 Å². The van der Waals surface area contributed by atoms with Crippen molar-refractivity contribution in [3.63, 3.8) is 0 Å². The van der Waals surface area contributed by atoms with Gasteiger partial charge in [0.25, 0.3) is 0 Å². The lowest BCUT2D eigenvalue weighted by Gasteiger charge is -2.39. The van der Waals surface area contributed by atoms with Crippen LogP contribution in [0.15, 0.2) is 4.52 Å². The second-order valence-electron chi connectivity index (χ2n) is 7.91. The lowest BCUT2D eigenvalue weighted by Crippen LogP contribution is -2.58. The van der Waals surface area contributed by atoms with Crippen molar-refractivity contribution in [2.75, 3.05) is 26.2 Å². The number of nitrogens with one attached hydrogen (secondary N) is 1. The molecule has 1 aromatic rings. The summed E-state index contributed by atoms with van der Waals surface area (Å²) in [5, 5.41) is 6.74. The summed E-state index contributed by atoms with van der Waals surface area (Å²) in [6.07, 6.45) is 0.845. The van der Waals surface area contributed by atoms with Gasteiger partial charge in [0.1, 0.15) is 0 Å². The molecule has 0 saturated carbocycles. The fourth-order valence-corrected chi connectivity index (χ4v) is 3.11. The zero-order valence-corrected chi connectivity index (χ0v) is 16.5. The first-order chi connectivity index (χ1) is 12.2. The van der Waals surface area contributed by atoms with Crippen LogP contribution in [0.2, 0.25) is 0 Å². The van der Waals surface area contributed by atoms with E-state index in [0.29, 0.717) is 31.2 Å². The molecule has 1 aliphatic rings. The van der Waals surface area contributed by atoms with E-state index in [4.69, 9.17) is 4.52 Å². The molecule has 1 fully saturated rings. The van der Waals surface area contributed by atoms with Gasteiger partial charge >= 0.3 is 0 Å². The number of carbonyl (C=O) groups is 2. The number of aromatic nitrogens is 2. The highest BCUT2D eigenvalue weighted by atomic mass is 16.5.